The number of benzene rings is 1. The van der Waals surface area contributed by atoms with Crippen LogP contribution < -0.4 is 15.0 Å². The molecule has 1 aromatic carbocycles. The molecule has 1 aromatic rings. The number of hydrogen-bond donors (Lipinski definition) is 3. The topological polar surface area (TPSA) is 156 Å². The number of ether oxygens (including phenoxy) is 5. The summed E-state index contributed by atoms with van der Waals surface area (Å²) < 4.78 is 29.0. The summed E-state index contributed by atoms with van der Waals surface area (Å²) in [5.41, 5.74) is -0.903. The fraction of sp³-hybridized carbons (Fsp3) is 0.600. The van der Waals surface area contributed by atoms with Crippen LogP contribution in [0.4, 0.5) is 10.5 Å². The Labute approximate surface area is 303 Å². The molecule has 50 heavy (non-hydrogen) atoms. The Morgan fingerprint density at radius 2 is 1.98 bits per heavy atom. The van der Waals surface area contributed by atoms with Gasteiger partial charge in [-0.1, -0.05) is 42.3 Å². The van der Waals surface area contributed by atoms with Crippen LogP contribution in [0.5, 0.6) is 5.75 Å². The number of epoxide rings is 1. The summed E-state index contributed by atoms with van der Waals surface area (Å²) in [7, 11) is 5.98. The molecule has 0 unspecified atom stereocenters. The van der Waals surface area contributed by atoms with E-state index in [0.717, 1.165) is 11.1 Å². The van der Waals surface area contributed by atoms with Gasteiger partial charge in [0.2, 0.25) is 11.8 Å². The van der Waals surface area contributed by atoms with Gasteiger partial charge in [0.25, 0.3) is 0 Å². The summed E-state index contributed by atoms with van der Waals surface area (Å²) in [6.45, 7) is 6.96. The van der Waals surface area contributed by atoms with Gasteiger partial charge in [0.1, 0.15) is 40.7 Å². The molecule has 0 saturated carbocycles. The number of aliphatic hydroxyl groups is 1. The Morgan fingerprint density at radius 1 is 1.28 bits per heavy atom. The van der Waals surface area contributed by atoms with Gasteiger partial charge in [-0.15, -0.1) is 0 Å². The van der Waals surface area contributed by atoms with Crippen LogP contribution in [0.15, 0.2) is 35.9 Å². The first kappa shape index (κ1) is 39.5. The number of methoxy groups -OCH3 is 2. The SMILES string of the molecule is COc1cc2cc(c1Cl)N(C)C(=O)C[C@H](OC(=O)[C@@H](C)N(C)C(=O)CCS)[C@]1(C)O[C@@H]1[C@H](C)[C@@H]1C[C@@](O)(NC(=O)O1)[C@H](OC)/C=C/C=C(\C)C2. The average Bonchev–Trinajstić information content (AvgIpc) is 3.76. The second kappa shape index (κ2) is 15.9. The molecule has 8 atom stereocenters. The van der Waals surface area contributed by atoms with E-state index in [-0.39, 0.29) is 30.2 Å². The van der Waals surface area contributed by atoms with Crippen LogP contribution in [0.25, 0.3) is 0 Å². The quantitative estimate of drug-likeness (QED) is 0.214. The number of hydrogen-bond acceptors (Lipinski definition) is 11. The minimum Gasteiger partial charge on any atom is -0.495 e. The van der Waals surface area contributed by atoms with Gasteiger partial charge in [0.15, 0.2) is 5.72 Å². The highest BCUT2D eigenvalue weighted by Crippen LogP contribution is 2.49. The number of amides is 3. The minimum absolute atomic E-state index is 0.0489. The molecule has 0 aliphatic carbocycles. The van der Waals surface area contributed by atoms with Gasteiger partial charge < -0.3 is 38.6 Å². The fourth-order valence-electron chi connectivity index (χ4n) is 6.49. The van der Waals surface area contributed by atoms with E-state index < -0.39 is 65.7 Å². The van der Waals surface area contributed by atoms with Gasteiger partial charge in [-0.2, -0.15) is 12.6 Å². The average molecular weight is 738 g/mol. The highest BCUT2D eigenvalue weighted by molar-refractivity contribution is 7.80. The van der Waals surface area contributed by atoms with E-state index in [4.69, 9.17) is 35.3 Å². The molecule has 15 heteroatoms. The largest absolute Gasteiger partial charge is 0.495 e. The van der Waals surface area contributed by atoms with Crippen LogP contribution in [0.1, 0.15) is 52.5 Å². The number of allylic oxidation sites excluding steroid dienone is 3. The van der Waals surface area contributed by atoms with Crippen molar-refractivity contribution in [3.63, 3.8) is 0 Å². The normalized spacial score (nSPS) is 32.3. The van der Waals surface area contributed by atoms with Crippen LogP contribution >= 0.6 is 24.2 Å². The molecule has 2 fully saturated rings. The number of fused-ring (bicyclic) bond motifs is 5. The maximum Gasteiger partial charge on any atom is 0.409 e. The molecule has 0 radical (unpaired) electrons. The Hall–Kier alpha value is -3.30. The van der Waals surface area contributed by atoms with E-state index in [1.54, 1.807) is 45.2 Å². The van der Waals surface area contributed by atoms with Crippen molar-refractivity contribution in [2.75, 3.05) is 39.0 Å². The number of halogens is 1. The Kier molecular flexibility index (Phi) is 12.6. The number of carbonyl (C=O) groups is 4. The fourth-order valence-corrected chi connectivity index (χ4v) is 6.99. The smallest absolute Gasteiger partial charge is 0.409 e. The first-order valence-corrected chi connectivity index (χ1v) is 17.5. The molecule has 13 nitrogen and oxygen atoms in total. The van der Waals surface area contributed by atoms with Gasteiger partial charge in [0, 0.05) is 40.0 Å². The lowest BCUT2D eigenvalue weighted by Crippen LogP contribution is -2.63. The van der Waals surface area contributed by atoms with Gasteiger partial charge in [0.05, 0.1) is 25.3 Å². The number of thiol groups is 1. The molecule has 0 aromatic heterocycles. The maximum atomic E-state index is 14.0. The second-order valence-electron chi connectivity index (χ2n) is 13.4. The van der Waals surface area contributed by atoms with Crippen molar-refractivity contribution in [3.05, 3.63) is 46.5 Å². The van der Waals surface area contributed by atoms with Gasteiger partial charge in [-0.25, -0.2) is 9.59 Å². The van der Waals surface area contributed by atoms with Gasteiger partial charge >= 0.3 is 12.1 Å². The van der Waals surface area contributed by atoms with Crippen molar-refractivity contribution in [1.82, 2.24) is 10.2 Å². The van der Waals surface area contributed by atoms with Gasteiger partial charge in [-0.3, -0.25) is 14.9 Å². The lowest BCUT2D eigenvalue weighted by Gasteiger charge is -2.42. The number of alkyl carbamates (subject to hydrolysis) is 1. The molecular weight excluding hydrogens is 690 g/mol. The zero-order valence-electron chi connectivity index (χ0n) is 29.7. The first-order chi connectivity index (χ1) is 23.5. The highest BCUT2D eigenvalue weighted by Gasteiger charge is 2.64. The maximum absolute atomic E-state index is 14.0. The second-order valence-corrected chi connectivity index (χ2v) is 14.2. The van der Waals surface area contributed by atoms with E-state index >= 15 is 0 Å². The van der Waals surface area contributed by atoms with Crippen molar-refractivity contribution in [2.24, 2.45) is 5.92 Å². The molecule has 276 valence electrons. The molecule has 4 bridgehead atoms. The summed E-state index contributed by atoms with van der Waals surface area (Å²) >= 11 is 10.8. The van der Waals surface area contributed by atoms with Crippen molar-refractivity contribution in [2.45, 2.75) is 95.2 Å². The molecule has 3 amide bonds. The summed E-state index contributed by atoms with van der Waals surface area (Å²) in [4.78, 5) is 55.6. The number of likely N-dealkylation sites (N-methyl/N-ethyl adjacent to an activating group) is 1. The number of anilines is 1. The predicted octanol–water partition coefficient (Wildman–Crippen LogP) is 3.83. The zero-order valence-corrected chi connectivity index (χ0v) is 31.4. The third kappa shape index (κ3) is 8.42. The van der Waals surface area contributed by atoms with Crippen molar-refractivity contribution in [1.29, 1.82) is 0 Å². The van der Waals surface area contributed by atoms with Crippen molar-refractivity contribution >= 4 is 53.8 Å². The lowest BCUT2D eigenvalue weighted by atomic mass is 9.83. The molecule has 2 N–H and O–H groups in total. The Balaban J connectivity index is 1.78. The van der Waals surface area contributed by atoms with E-state index in [1.165, 1.54) is 38.0 Å². The standard InChI is InChI=1S/C35H48ClN3O10S/c1-19-10-9-11-26(46-8)35(44)18-25(47-33(43)37-35)20(2)31-34(4,49-31)27(48-32(42)21(3)38(5)28(40)12-13-50)17-29(41)39(6)23-15-22(14-19)16-24(45-7)30(23)36/h9-11,15-16,20-21,25-27,31,44,50H,12-14,17-18H2,1-8H3,(H,37,43)/b11-9+,19-10+/t20-,21-,25+,26-,27+,31-,34+,35+/m1/s1. The van der Waals surface area contributed by atoms with Crippen LogP contribution in [-0.4, -0.2) is 110 Å². The molecule has 3 aliphatic heterocycles. The number of carbonyl (C=O) groups excluding carboxylic acids is 4. The van der Waals surface area contributed by atoms with E-state index in [0.29, 0.717) is 23.6 Å². The first-order valence-electron chi connectivity index (χ1n) is 16.4. The van der Waals surface area contributed by atoms with E-state index in [1.807, 2.05) is 13.0 Å². The van der Waals surface area contributed by atoms with Crippen LogP contribution in [0.2, 0.25) is 5.02 Å². The van der Waals surface area contributed by atoms with Crippen molar-refractivity contribution in [3.8, 4) is 5.75 Å². The number of rotatable bonds is 7. The number of nitrogens with one attached hydrogen (secondary N) is 1. The van der Waals surface area contributed by atoms with Crippen LogP contribution in [0.3, 0.4) is 0 Å². The molecule has 3 heterocycles. The molecule has 2 saturated heterocycles. The summed E-state index contributed by atoms with van der Waals surface area (Å²) in [5.74, 6) is -1.30. The van der Waals surface area contributed by atoms with E-state index in [2.05, 4.69) is 17.9 Å². The van der Waals surface area contributed by atoms with Crippen LogP contribution in [0, 0.1) is 5.92 Å². The minimum atomic E-state index is -1.82. The third-order valence-corrected chi connectivity index (χ3v) is 10.5. The molecule has 0 spiro atoms. The monoisotopic (exact) mass is 737 g/mol. The summed E-state index contributed by atoms with van der Waals surface area (Å²) in [5, 5.41) is 14.4. The predicted molar refractivity (Wildman–Crippen MR) is 189 cm³/mol. The van der Waals surface area contributed by atoms with Gasteiger partial charge in [-0.05, 0) is 50.6 Å². The van der Waals surface area contributed by atoms with E-state index in [9.17, 15) is 24.3 Å². The lowest BCUT2D eigenvalue weighted by molar-refractivity contribution is -0.161. The van der Waals surface area contributed by atoms with Crippen molar-refractivity contribution < 1.29 is 48.0 Å². The van der Waals surface area contributed by atoms with Crippen LogP contribution in [-0.2, 0) is 39.8 Å². The summed E-state index contributed by atoms with van der Waals surface area (Å²) in [6, 6.07) is 2.60. The molecule has 4 rings (SSSR count). The Morgan fingerprint density at radius 3 is 2.62 bits per heavy atom. The molecular formula is C35H48ClN3O10S. The summed E-state index contributed by atoms with van der Waals surface area (Å²) in [6.07, 6.45) is 1.08. The highest BCUT2D eigenvalue weighted by atomic mass is 35.5. The zero-order chi connectivity index (χ0) is 37.1. The Bertz CT molecular complexity index is 1540. The molecule has 3 aliphatic rings. The number of nitrogens with zero attached hydrogens (tertiary/aromatic N) is 2. The number of esters is 1. The third-order valence-electron chi connectivity index (χ3n) is 9.85.